The van der Waals surface area contributed by atoms with Crippen molar-refractivity contribution in [3.8, 4) is 0 Å². The third-order valence-electron chi connectivity index (χ3n) is 3.96. The number of amides is 1. The fourth-order valence-electron chi connectivity index (χ4n) is 2.74. The average molecular weight is 331 g/mol. The van der Waals surface area contributed by atoms with E-state index in [1.807, 2.05) is 30.3 Å². The van der Waals surface area contributed by atoms with E-state index in [0.29, 0.717) is 13.0 Å². The van der Waals surface area contributed by atoms with Crippen LogP contribution in [0.25, 0.3) is 0 Å². The summed E-state index contributed by atoms with van der Waals surface area (Å²) in [5.74, 6) is -0.275. The summed E-state index contributed by atoms with van der Waals surface area (Å²) in [6.07, 6.45) is 3.38. The first-order valence-electron chi connectivity index (χ1n) is 7.41. The van der Waals surface area contributed by atoms with E-state index < -0.39 is 15.1 Å². The molecule has 23 heavy (non-hydrogen) atoms. The number of carbonyl (C=O) groups is 1. The van der Waals surface area contributed by atoms with Crippen LogP contribution >= 0.6 is 0 Å². The standard InChI is InChI=1S/C16H17N3O3S/c20-16(15-17-8-4-9-18-15)19-10-7-14(23(21,22)12-11-19)13-5-2-1-3-6-13/h1-6,8-9,14H,7,10-12H2. The first-order valence-corrected chi connectivity index (χ1v) is 9.12. The van der Waals surface area contributed by atoms with Gasteiger partial charge < -0.3 is 4.90 Å². The second-order valence-corrected chi connectivity index (χ2v) is 7.72. The zero-order chi connectivity index (χ0) is 16.3. The van der Waals surface area contributed by atoms with E-state index in [2.05, 4.69) is 9.97 Å². The van der Waals surface area contributed by atoms with E-state index in [4.69, 9.17) is 0 Å². The topological polar surface area (TPSA) is 80.2 Å². The first-order chi connectivity index (χ1) is 11.1. The van der Waals surface area contributed by atoms with Crippen molar-refractivity contribution in [1.29, 1.82) is 0 Å². The van der Waals surface area contributed by atoms with E-state index in [-0.39, 0.29) is 24.0 Å². The van der Waals surface area contributed by atoms with Crippen molar-refractivity contribution in [2.24, 2.45) is 0 Å². The van der Waals surface area contributed by atoms with Crippen molar-refractivity contribution in [1.82, 2.24) is 14.9 Å². The van der Waals surface area contributed by atoms with Crippen molar-refractivity contribution in [2.45, 2.75) is 11.7 Å². The summed E-state index contributed by atoms with van der Waals surface area (Å²) in [5.41, 5.74) is 0.776. The summed E-state index contributed by atoms with van der Waals surface area (Å²) < 4.78 is 25.1. The largest absolute Gasteiger partial charge is 0.335 e. The molecule has 1 amide bonds. The Morgan fingerprint density at radius 2 is 1.74 bits per heavy atom. The number of sulfone groups is 1. The van der Waals surface area contributed by atoms with Crippen molar-refractivity contribution >= 4 is 15.7 Å². The van der Waals surface area contributed by atoms with Gasteiger partial charge in [-0.2, -0.15) is 0 Å². The number of aromatic nitrogens is 2. The lowest BCUT2D eigenvalue weighted by atomic mass is 10.1. The molecule has 1 aliphatic heterocycles. The molecule has 3 rings (SSSR count). The second-order valence-electron chi connectivity index (χ2n) is 5.42. The normalized spacial score (nSPS) is 20.7. The summed E-state index contributed by atoms with van der Waals surface area (Å²) >= 11 is 0. The molecule has 6 nitrogen and oxygen atoms in total. The van der Waals surface area contributed by atoms with Crippen molar-refractivity contribution in [3.05, 3.63) is 60.2 Å². The van der Waals surface area contributed by atoms with E-state index in [1.54, 1.807) is 6.07 Å². The minimum atomic E-state index is -3.30. The highest BCUT2D eigenvalue weighted by Crippen LogP contribution is 2.29. The molecule has 7 heteroatoms. The summed E-state index contributed by atoms with van der Waals surface area (Å²) in [4.78, 5) is 21.8. The maximum absolute atomic E-state index is 12.5. The van der Waals surface area contributed by atoms with Crippen LogP contribution in [0.4, 0.5) is 0 Å². The third-order valence-corrected chi connectivity index (χ3v) is 6.08. The van der Waals surface area contributed by atoms with Crippen LogP contribution < -0.4 is 0 Å². The van der Waals surface area contributed by atoms with Gasteiger partial charge in [-0.3, -0.25) is 4.79 Å². The first kappa shape index (κ1) is 15.6. The maximum atomic E-state index is 12.5. The van der Waals surface area contributed by atoms with E-state index >= 15 is 0 Å². The predicted octanol–water partition coefficient (Wildman–Crippen LogP) is 1.48. The van der Waals surface area contributed by atoms with Gasteiger partial charge in [-0.25, -0.2) is 18.4 Å². The second kappa shape index (κ2) is 6.45. The molecule has 1 aromatic heterocycles. The fraction of sp³-hybridized carbons (Fsp3) is 0.312. The highest BCUT2D eigenvalue weighted by atomic mass is 32.2. The Morgan fingerprint density at radius 1 is 1.04 bits per heavy atom. The van der Waals surface area contributed by atoms with Crippen molar-refractivity contribution in [2.75, 3.05) is 18.8 Å². The Bertz CT molecular complexity index is 779. The van der Waals surface area contributed by atoms with Crippen LogP contribution in [0.15, 0.2) is 48.8 Å². The van der Waals surface area contributed by atoms with Gasteiger partial charge in [-0.15, -0.1) is 0 Å². The molecular weight excluding hydrogens is 314 g/mol. The monoisotopic (exact) mass is 331 g/mol. The van der Waals surface area contributed by atoms with Gasteiger partial charge in [0.1, 0.15) is 0 Å². The molecule has 0 spiro atoms. The summed E-state index contributed by atoms with van der Waals surface area (Å²) in [6, 6.07) is 10.8. The number of nitrogens with zero attached hydrogens (tertiary/aromatic N) is 3. The molecule has 2 heterocycles. The molecule has 1 atom stereocenters. The zero-order valence-corrected chi connectivity index (χ0v) is 13.3. The molecule has 120 valence electrons. The summed E-state index contributed by atoms with van der Waals surface area (Å²) in [5, 5.41) is -0.571. The van der Waals surface area contributed by atoms with Gasteiger partial charge in [0.15, 0.2) is 9.84 Å². The lowest BCUT2D eigenvalue weighted by molar-refractivity contribution is 0.0754. The third kappa shape index (κ3) is 3.39. The molecule has 1 aliphatic rings. The number of benzene rings is 1. The van der Waals surface area contributed by atoms with Gasteiger partial charge in [0.2, 0.25) is 5.82 Å². The van der Waals surface area contributed by atoms with E-state index in [9.17, 15) is 13.2 Å². The zero-order valence-electron chi connectivity index (χ0n) is 12.5. The number of hydrogen-bond donors (Lipinski definition) is 0. The summed E-state index contributed by atoms with van der Waals surface area (Å²) in [6.45, 7) is 0.540. The Labute approximate surface area is 135 Å². The molecule has 1 fully saturated rings. The van der Waals surface area contributed by atoms with Crippen LogP contribution in [0.2, 0.25) is 0 Å². The lowest BCUT2D eigenvalue weighted by Gasteiger charge is -2.18. The number of hydrogen-bond acceptors (Lipinski definition) is 5. The van der Waals surface area contributed by atoms with Gasteiger partial charge in [0, 0.05) is 25.5 Å². The smallest absolute Gasteiger partial charge is 0.291 e. The SMILES string of the molecule is O=C(c1ncccn1)N1CCC(c2ccccc2)S(=O)(=O)CC1. The Morgan fingerprint density at radius 3 is 2.43 bits per heavy atom. The molecule has 1 saturated heterocycles. The lowest BCUT2D eigenvalue weighted by Crippen LogP contribution is -2.34. The van der Waals surface area contributed by atoms with Gasteiger partial charge in [0.05, 0.1) is 11.0 Å². The van der Waals surface area contributed by atoms with Gasteiger partial charge in [-0.1, -0.05) is 30.3 Å². The van der Waals surface area contributed by atoms with Crippen LogP contribution in [-0.4, -0.2) is 48.0 Å². The molecule has 0 N–H and O–H groups in total. The Hall–Kier alpha value is -2.28. The van der Waals surface area contributed by atoms with Gasteiger partial charge >= 0.3 is 0 Å². The molecule has 0 radical (unpaired) electrons. The van der Waals surface area contributed by atoms with Crippen LogP contribution in [-0.2, 0) is 9.84 Å². The fourth-order valence-corrected chi connectivity index (χ4v) is 4.54. The molecule has 2 aromatic rings. The molecule has 0 aliphatic carbocycles. The Balaban J connectivity index is 1.82. The molecule has 0 saturated carbocycles. The highest BCUT2D eigenvalue weighted by molar-refractivity contribution is 7.91. The average Bonchev–Trinajstić information content (AvgIpc) is 2.74. The predicted molar refractivity (Wildman–Crippen MR) is 85.5 cm³/mol. The van der Waals surface area contributed by atoms with E-state index in [1.165, 1.54) is 17.3 Å². The van der Waals surface area contributed by atoms with Crippen LogP contribution in [0.1, 0.15) is 27.9 Å². The Kier molecular flexibility index (Phi) is 4.38. The van der Waals surface area contributed by atoms with E-state index in [0.717, 1.165) is 5.56 Å². The van der Waals surface area contributed by atoms with Crippen LogP contribution in [0, 0.1) is 0 Å². The summed E-state index contributed by atoms with van der Waals surface area (Å²) in [7, 11) is -3.30. The molecule has 0 bridgehead atoms. The van der Waals surface area contributed by atoms with Crippen molar-refractivity contribution in [3.63, 3.8) is 0 Å². The van der Waals surface area contributed by atoms with Crippen LogP contribution in [0.3, 0.4) is 0 Å². The number of rotatable bonds is 2. The number of carbonyl (C=O) groups excluding carboxylic acids is 1. The minimum absolute atomic E-state index is 0.0505. The highest BCUT2D eigenvalue weighted by Gasteiger charge is 2.33. The minimum Gasteiger partial charge on any atom is -0.335 e. The quantitative estimate of drug-likeness (QED) is 0.833. The molecule has 1 unspecified atom stereocenters. The molecule has 1 aromatic carbocycles. The van der Waals surface area contributed by atoms with Crippen LogP contribution in [0.5, 0.6) is 0 Å². The van der Waals surface area contributed by atoms with Gasteiger partial charge in [0.25, 0.3) is 5.91 Å². The maximum Gasteiger partial charge on any atom is 0.291 e. The van der Waals surface area contributed by atoms with Gasteiger partial charge in [-0.05, 0) is 18.1 Å². The van der Waals surface area contributed by atoms with Crippen molar-refractivity contribution < 1.29 is 13.2 Å². The molecular formula is C16H17N3O3S.